The highest BCUT2D eigenvalue weighted by Crippen LogP contribution is 2.24. The average molecular weight is 232 g/mol. The second-order valence-electron chi connectivity index (χ2n) is 4.21. The van der Waals surface area contributed by atoms with Crippen LogP contribution in [0, 0.1) is 25.2 Å². The van der Waals surface area contributed by atoms with E-state index < -0.39 is 0 Å². The van der Waals surface area contributed by atoms with Crippen LogP contribution in [0.2, 0.25) is 0 Å². The monoisotopic (exact) mass is 232 g/mol. The van der Waals surface area contributed by atoms with Crippen LogP contribution in [0.4, 0.5) is 0 Å². The summed E-state index contributed by atoms with van der Waals surface area (Å²) in [6.45, 7) is 5.80. The molecule has 1 rings (SSSR count). The zero-order valence-corrected chi connectivity index (χ0v) is 10.8. The Kier molecular flexibility index (Phi) is 5.51. The van der Waals surface area contributed by atoms with Crippen LogP contribution >= 0.6 is 0 Å². The van der Waals surface area contributed by atoms with Crippen molar-refractivity contribution in [2.24, 2.45) is 0 Å². The number of nitrogens with one attached hydrogen (secondary N) is 1. The first kappa shape index (κ1) is 13.5. The van der Waals surface area contributed by atoms with Crippen LogP contribution in [0.3, 0.4) is 0 Å². The maximum Gasteiger partial charge on any atom is 0.126 e. The van der Waals surface area contributed by atoms with E-state index in [0.717, 1.165) is 25.3 Å². The lowest BCUT2D eigenvalue weighted by atomic mass is 10.1. The van der Waals surface area contributed by atoms with Crippen molar-refractivity contribution in [1.82, 2.24) is 5.32 Å². The van der Waals surface area contributed by atoms with E-state index in [4.69, 9.17) is 10.00 Å². The molecule has 0 aliphatic carbocycles. The molecule has 3 nitrogen and oxygen atoms in total. The van der Waals surface area contributed by atoms with Gasteiger partial charge < -0.3 is 10.1 Å². The molecule has 0 bridgehead atoms. The van der Waals surface area contributed by atoms with E-state index in [1.54, 1.807) is 7.11 Å². The van der Waals surface area contributed by atoms with E-state index in [2.05, 4.69) is 37.4 Å². The predicted molar refractivity (Wildman–Crippen MR) is 69.0 cm³/mol. The highest BCUT2D eigenvalue weighted by Gasteiger charge is 2.06. The van der Waals surface area contributed by atoms with Gasteiger partial charge in [-0.1, -0.05) is 17.7 Å². The van der Waals surface area contributed by atoms with Crippen LogP contribution in [0.5, 0.6) is 5.75 Å². The van der Waals surface area contributed by atoms with Crippen LogP contribution in [-0.4, -0.2) is 13.7 Å². The molecule has 0 saturated heterocycles. The van der Waals surface area contributed by atoms with Crippen molar-refractivity contribution >= 4 is 0 Å². The maximum absolute atomic E-state index is 8.44. The quantitative estimate of drug-likeness (QED) is 0.767. The van der Waals surface area contributed by atoms with Crippen LogP contribution in [0.15, 0.2) is 12.1 Å². The van der Waals surface area contributed by atoms with Gasteiger partial charge in [0.15, 0.2) is 0 Å². The Morgan fingerprint density at radius 2 is 2.12 bits per heavy atom. The van der Waals surface area contributed by atoms with E-state index in [1.807, 2.05) is 0 Å². The molecule has 17 heavy (non-hydrogen) atoms. The summed E-state index contributed by atoms with van der Waals surface area (Å²) in [5.74, 6) is 0.961. The smallest absolute Gasteiger partial charge is 0.126 e. The number of ether oxygens (including phenoxy) is 1. The molecule has 0 aliphatic heterocycles. The first-order valence-corrected chi connectivity index (χ1v) is 5.90. The molecule has 1 N–H and O–H groups in total. The van der Waals surface area contributed by atoms with Crippen molar-refractivity contribution in [3.05, 3.63) is 28.8 Å². The maximum atomic E-state index is 8.44. The number of benzene rings is 1. The standard InChI is InChI=1S/C14H20N2O/c1-11-8-12(2)14(17-3)13(9-11)10-16-7-5-4-6-15/h8-9,16H,4-5,7,10H2,1-3H3. The van der Waals surface area contributed by atoms with Gasteiger partial charge >= 0.3 is 0 Å². The number of hydrogen-bond donors (Lipinski definition) is 1. The van der Waals surface area contributed by atoms with E-state index in [-0.39, 0.29) is 0 Å². The third kappa shape index (κ3) is 4.08. The van der Waals surface area contributed by atoms with Gasteiger partial charge in [-0.2, -0.15) is 5.26 Å². The van der Waals surface area contributed by atoms with Crippen molar-refractivity contribution in [3.8, 4) is 11.8 Å². The molecule has 0 heterocycles. The molecular weight excluding hydrogens is 212 g/mol. The molecule has 3 heteroatoms. The molecule has 0 aromatic heterocycles. The van der Waals surface area contributed by atoms with Crippen LogP contribution in [0.25, 0.3) is 0 Å². The van der Waals surface area contributed by atoms with Gasteiger partial charge in [-0.3, -0.25) is 0 Å². The summed E-state index contributed by atoms with van der Waals surface area (Å²) in [5, 5.41) is 11.8. The lowest BCUT2D eigenvalue weighted by Gasteiger charge is -2.13. The summed E-state index contributed by atoms with van der Waals surface area (Å²) >= 11 is 0. The molecule has 92 valence electrons. The Labute approximate surface area is 103 Å². The summed E-state index contributed by atoms with van der Waals surface area (Å²) in [4.78, 5) is 0. The minimum Gasteiger partial charge on any atom is -0.496 e. The second-order valence-corrected chi connectivity index (χ2v) is 4.21. The van der Waals surface area contributed by atoms with E-state index in [9.17, 15) is 0 Å². The Morgan fingerprint density at radius 3 is 2.76 bits per heavy atom. The van der Waals surface area contributed by atoms with Crippen LogP contribution < -0.4 is 10.1 Å². The van der Waals surface area contributed by atoms with E-state index >= 15 is 0 Å². The molecule has 0 amide bonds. The summed E-state index contributed by atoms with van der Waals surface area (Å²) < 4.78 is 5.42. The van der Waals surface area contributed by atoms with Crippen LogP contribution in [-0.2, 0) is 6.54 Å². The second kappa shape index (κ2) is 6.93. The normalized spacial score (nSPS) is 10.0. The van der Waals surface area contributed by atoms with Crippen molar-refractivity contribution in [2.75, 3.05) is 13.7 Å². The lowest BCUT2D eigenvalue weighted by Crippen LogP contribution is -2.15. The van der Waals surface area contributed by atoms with Crippen molar-refractivity contribution in [3.63, 3.8) is 0 Å². The van der Waals surface area contributed by atoms with Gasteiger partial charge in [0.25, 0.3) is 0 Å². The number of methoxy groups -OCH3 is 1. The Morgan fingerprint density at radius 1 is 1.35 bits per heavy atom. The molecule has 0 aliphatic rings. The van der Waals surface area contributed by atoms with E-state index in [1.165, 1.54) is 16.7 Å². The van der Waals surface area contributed by atoms with Crippen molar-refractivity contribution in [1.29, 1.82) is 5.26 Å². The SMILES string of the molecule is COc1c(C)cc(C)cc1CNCCCC#N. The number of aryl methyl sites for hydroxylation is 2. The van der Waals surface area contributed by atoms with Gasteiger partial charge in [-0.05, 0) is 32.4 Å². The molecule has 0 atom stereocenters. The van der Waals surface area contributed by atoms with Gasteiger partial charge in [-0.15, -0.1) is 0 Å². The van der Waals surface area contributed by atoms with Crippen molar-refractivity contribution < 1.29 is 4.74 Å². The summed E-state index contributed by atoms with van der Waals surface area (Å²) in [5.41, 5.74) is 3.60. The fraction of sp³-hybridized carbons (Fsp3) is 0.500. The summed E-state index contributed by atoms with van der Waals surface area (Å²) in [6.07, 6.45) is 1.50. The molecule has 0 spiro atoms. The lowest BCUT2D eigenvalue weighted by molar-refractivity contribution is 0.404. The third-order valence-electron chi connectivity index (χ3n) is 2.66. The van der Waals surface area contributed by atoms with Crippen LogP contribution in [0.1, 0.15) is 29.5 Å². The first-order valence-electron chi connectivity index (χ1n) is 5.90. The number of rotatable bonds is 6. The number of unbranched alkanes of at least 4 members (excludes halogenated alkanes) is 1. The Hall–Kier alpha value is -1.53. The number of nitriles is 1. The highest BCUT2D eigenvalue weighted by molar-refractivity contribution is 5.43. The summed E-state index contributed by atoms with van der Waals surface area (Å²) in [6, 6.07) is 6.41. The van der Waals surface area contributed by atoms with Gasteiger partial charge in [0.2, 0.25) is 0 Å². The van der Waals surface area contributed by atoms with Crippen molar-refractivity contribution in [2.45, 2.75) is 33.2 Å². The van der Waals surface area contributed by atoms with Gasteiger partial charge in [0.1, 0.15) is 5.75 Å². The minimum absolute atomic E-state index is 0.608. The molecular formula is C14H20N2O. The predicted octanol–water partition coefficient (Wildman–Crippen LogP) is 2.71. The number of hydrogen-bond acceptors (Lipinski definition) is 3. The largest absolute Gasteiger partial charge is 0.496 e. The van der Waals surface area contributed by atoms with Gasteiger partial charge in [-0.25, -0.2) is 0 Å². The molecule has 0 unspecified atom stereocenters. The number of nitrogens with zero attached hydrogens (tertiary/aromatic N) is 1. The molecule has 1 aromatic rings. The molecule has 0 fully saturated rings. The molecule has 0 radical (unpaired) electrons. The zero-order chi connectivity index (χ0) is 12.7. The minimum atomic E-state index is 0.608. The zero-order valence-electron chi connectivity index (χ0n) is 10.8. The Balaban J connectivity index is 2.60. The third-order valence-corrected chi connectivity index (χ3v) is 2.66. The van der Waals surface area contributed by atoms with Gasteiger partial charge in [0.05, 0.1) is 13.2 Å². The highest BCUT2D eigenvalue weighted by atomic mass is 16.5. The first-order chi connectivity index (χ1) is 8.19. The Bertz CT molecular complexity index is 407. The topological polar surface area (TPSA) is 45.0 Å². The average Bonchev–Trinajstić information content (AvgIpc) is 2.28. The fourth-order valence-corrected chi connectivity index (χ4v) is 1.98. The fourth-order valence-electron chi connectivity index (χ4n) is 1.98. The molecule has 1 aromatic carbocycles. The summed E-state index contributed by atoms with van der Waals surface area (Å²) in [7, 11) is 1.71. The molecule has 0 saturated carbocycles. The van der Waals surface area contributed by atoms with E-state index in [0.29, 0.717) is 6.42 Å². The van der Waals surface area contributed by atoms with Gasteiger partial charge in [0, 0.05) is 18.5 Å².